The third-order valence-electron chi connectivity index (χ3n) is 8.63. The molecule has 1 N–H and O–H groups in total. The summed E-state index contributed by atoms with van der Waals surface area (Å²) in [6.45, 7) is 3.81. The van der Waals surface area contributed by atoms with Crippen LogP contribution in [-0.4, -0.2) is 72.6 Å². The zero-order valence-corrected chi connectivity index (χ0v) is 19.1. The van der Waals surface area contributed by atoms with E-state index in [1.807, 2.05) is 6.07 Å². The fourth-order valence-electron chi connectivity index (χ4n) is 6.39. The highest BCUT2D eigenvalue weighted by Gasteiger charge is 2.56. The number of urea groups is 1. The highest BCUT2D eigenvalue weighted by atomic mass is 19.1. The molecule has 4 fully saturated rings. The van der Waals surface area contributed by atoms with Gasteiger partial charge in [-0.25, -0.2) is 9.18 Å². The Morgan fingerprint density at radius 2 is 1.81 bits per heavy atom. The summed E-state index contributed by atoms with van der Waals surface area (Å²) in [5.74, 6) is 0.528. The summed E-state index contributed by atoms with van der Waals surface area (Å²) in [5, 5.41) is 3.44. The monoisotopic (exact) mass is 428 g/mol. The van der Waals surface area contributed by atoms with E-state index in [0.29, 0.717) is 12.0 Å². The second kappa shape index (κ2) is 8.04. The Bertz CT molecular complexity index is 809. The third-order valence-corrected chi connectivity index (χ3v) is 8.63. The maximum absolute atomic E-state index is 14.1. The van der Waals surface area contributed by atoms with Crippen molar-refractivity contribution in [2.45, 2.75) is 68.5 Å². The minimum atomic E-state index is -0.164. The topological polar surface area (TPSA) is 38.8 Å². The van der Waals surface area contributed by atoms with Crippen LogP contribution in [0.5, 0.6) is 0 Å². The molecule has 2 aliphatic heterocycles. The van der Waals surface area contributed by atoms with E-state index in [2.05, 4.69) is 40.2 Å². The predicted octanol–water partition coefficient (Wildman–Crippen LogP) is 3.80. The first-order chi connectivity index (χ1) is 14.9. The molecule has 1 aromatic carbocycles. The van der Waals surface area contributed by atoms with E-state index in [9.17, 15) is 9.18 Å². The Hall–Kier alpha value is -1.66. The summed E-state index contributed by atoms with van der Waals surface area (Å²) < 4.78 is 14.1. The van der Waals surface area contributed by atoms with Crippen molar-refractivity contribution in [1.29, 1.82) is 0 Å². The summed E-state index contributed by atoms with van der Waals surface area (Å²) in [5.41, 5.74) is 0.849. The number of carbonyl (C=O) groups is 1. The molecule has 6 heteroatoms. The molecule has 4 aliphatic rings. The van der Waals surface area contributed by atoms with Crippen LogP contribution < -0.4 is 5.32 Å². The number of nitrogens with one attached hydrogen (secondary N) is 1. The fraction of sp³-hybridized carbons (Fsp3) is 0.720. The smallest absolute Gasteiger partial charge is 0.319 e. The van der Waals surface area contributed by atoms with Crippen molar-refractivity contribution in [3.8, 4) is 0 Å². The zero-order valence-electron chi connectivity index (χ0n) is 19.1. The molecule has 0 aromatic heterocycles. The average molecular weight is 429 g/mol. The molecule has 5 nitrogen and oxygen atoms in total. The molecule has 1 spiro atoms. The van der Waals surface area contributed by atoms with Crippen molar-refractivity contribution in [1.82, 2.24) is 20.0 Å². The lowest BCUT2D eigenvalue weighted by molar-refractivity contribution is 0.0224. The van der Waals surface area contributed by atoms with E-state index in [4.69, 9.17) is 0 Å². The SMILES string of the molecule is CN(C)[C@]1(c2cccc(F)c2)CC[C@]2(CC1)CN(C1CCNCC1)C(=O)N2CC1CC1. The van der Waals surface area contributed by atoms with Gasteiger partial charge in [-0.1, -0.05) is 12.1 Å². The maximum atomic E-state index is 14.1. The van der Waals surface area contributed by atoms with Gasteiger partial charge >= 0.3 is 6.03 Å². The van der Waals surface area contributed by atoms with E-state index in [0.717, 1.165) is 70.3 Å². The molecule has 1 aromatic rings. The van der Waals surface area contributed by atoms with Gasteiger partial charge in [0.05, 0.1) is 5.54 Å². The van der Waals surface area contributed by atoms with Crippen LogP contribution in [0.25, 0.3) is 0 Å². The molecule has 0 radical (unpaired) electrons. The molecule has 0 atom stereocenters. The van der Waals surface area contributed by atoms with Crippen molar-refractivity contribution < 1.29 is 9.18 Å². The van der Waals surface area contributed by atoms with Crippen LogP contribution in [0, 0.1) is 11.7 Å². The minimum Gasteiger partial charge on any atom is -0.319 e. The van der Waals surface area contributed by atoms with Gasteiger partial charge in [0.15, 0.2) is 0 Å². The molecule has 2 heterocycles. The Labute approximate surface area is 185 Å². The van der Waals surface area contributed by atoms with E-state index < -0.39 is 0 Å². The van der Waals surface area contributed by atoms with Crippen LogP contribution in [0.4, 0.5) is 9.18 Å². The fourth-order valence-corrected chi connectivity index (χ4v) is 6.39. The van der Waals surface area contributed by atoms with Gasteiger partial charge in [0.25, 0.3) is 0 Å². The average Bonchev–Trinajstić information content (AvgIpc) is 3.56. The van der Waals surface area contributed by atoms with E-state index in [-0.39, 0.29) is 22.9 Å². The predicted molar refractivity (Wildman–Crippen MR) is 120 cm³/mol. The van der Waals surface area contributed by atoms with Crippen LogP contribution in [-0.2, 0) is 5.54 Å². The first-order valence-corrected chi connectivity index (χ1v) is 12.2. The lowest BCUT2D eigenvalue weighted by Gasteiger charge is -2.51. The molecular formula is C25H37FN4O. The molecule has 2 aliphatic carbocycles. The largest absolute Gasteiger partial charge is 0.320 e. The van der Waals surface area contributed by atoms with Crippen LogP contribution in [0.3, 0.4) is 0 Å². The molecule has 5 rings (SSSR count). The van der Waals surface area contributed by atoms with Crippen LogP contribution in [0.2, 0.25) is 0 Å². The second-order valence-corrected chi connectivity index (χ2v) is 10.6. The normalized spacial score (nSPS) is 32.5. The molecule has 2 saturated carbocycles. The number of amides is 2. The summed E-state index contributed by atoms with van der Waals surface area (Å²) in [7, 11) is 4.23. The number of rotatable bonds is 5. The Morgan fingerprint density at radius 3 is 2.42 bits per heavy atom. The second-order valence-electron chi connectivity index (χ2n) is 10.6. The van der Waals surface area contributed by atoms with Crippen LogP contribution in [0.15, 0.2) is 24.3 Å². The van der Waals surface area contributed by atoms with Gasteiger partial charge in [-0.15, -0.1) is 0 Å². The number of hydrogen-bond acceptors (Lipinski definition) is 3. The molecular weight excluding hydrogens is 391 g/mol. The number of hydrogen-bond donors (Lipinski definition) is 1. The quantitative estimate of drug-likeness (QED) is 0.776. The van der Waals surface area contributed by atoms with Gasteiger partial charge in [0.2, 0.25) is 0 Å². The zero-order chi connectivity index (χ0) is 21.6. The van der Waals surface area contributed by atoms with E-state index in [1.54, 1.807) is 6.07 Å². The number of carbonyl (C=O) groups excluding carboxylic acids is 1. The van der Waals surface area contributed by atoms with Gasteiger partial charge in [-0.05, 0) is 102 Å². The highest BCUT2D eigenvalue weighted by Crippen LogP contribution is 2.50. The molecule has 2 saturated heterocycles. The number of nitrogens with zero attached hydrogens (tertiary/aromatic N) is 3. The van der Waals surface area contributed by atoms with Gasteiger partial charge in [-0.2, -0.15) is 0 Å². The molecule has 31 heavy (non-hydrogen) atoms. The Morgan fingerprint density at radius 1 is 1.10 bits per heavy atom. The van der Waals surface area contributed by atoms with Gasteiger partial charge in [-0.3, -0.25) is 4.90 Å². The lowest BCUT2D eigenvalue weighted by atomic mass is 9.68. The summed E-state index contributed by atoms with van der Waals surface area (Å²) in [6, 6.07) is 7.80. The van der Waals surface area contributed by atoms with Crippen molar-refractivity contribution in [3.05, 3.63) is 35.6 Å². The third kappa shape index (κ3) is 3.76. The Kier molecular flexibility index (Phi) is 5.50. The van der Waals surface area contributed by atoms with Crippen LogP contribution in [0.1, 0.15) is 56.9 Å². The van der Waals surface area contributed by atoms with Gasteiger partial charge in [0, 0.05) is 24.7 Å². The van der Waals surface area contributed by atoms with E-state index in [1.165, 1.54) is 18.9 Å². The van der Waals surface area contributed by atoms with Crippen LogP contribution >= 0.6 is 0 Å². The minimum absolute atomic E-state index is 0.0582. The van der Waals surface area contributed by atoms with E-state index >= 15 is 0 Å². The summed E-state index contributed by atoms with van der Waals surface area (Å²) in [6.07, 6.45) is 8.53. The molecule has 0 bridgehead atoms. The van der Waals surface area contributed by atoms with Crippen molar-refractivity contribution in [3.63, 3.8) is 0 Å². The number of halogens is 1. The Balaban J connectivity index is 1.41. The number of piperidine rings is 1. The number of benzene rings is 1. The first-order valence-electron chi connectivity index (χ1n) is 12.2. The lowest BCUT2D eigenvalue weighted by Crippen LogP contribution is -2.55. The molecule has 2 amide bonds. The van der Waals surface area contributed by atoms with Gasteiger partial charge in [0.1, 0.15) is 5.82 Å². The molecule has 0 unspecified atom stereocenters. The summed E-state index contributed by atoms with van der Waals surface area (Å²) in [4.78, 5) is 20.4. The first kappa shape index (κ1) is 21.2. The van der Waals surface area contributed by atoms with Crippen molar-refractivity contribution in [2.24, 2.45) is 5.92 Å². The maximum Gasteiger partial charge on any atom is 0.320 e. The standard InChI is InChI=1S/C25H37FN4O/c1-28(2)25(20-4-3-5-21(26)16-20)12-10-24(11-13-25)18-29(22-8-14-27-15-9-22)23(31)30(24)17-19-6-7-19/h3-5,16,19,22,27H,6-15,17-18H2,1-2H3/t24-,25+. The molecule has 170 valence electrons. The summed E-state index contributed by atoms with van der Waals surface area (Å²) >= 11 is 0. The van der Waals surface area contributed by atoms with Crippen molar-refractivity contribution in [2.75, 3.05) is 40.3 Å². The highest BCUT2D eigenvalue weighted by molar-refractivity contribution is 5.79. The van der Waals surface area contributed by atoms with Gasteiger partial charge < -0.3 is 15.1 Å². The van der Waals surface area contributed by atoms with Crippen molar-refractivity contribution >= 4 is 6.03 Å².